The van der Waals surface area contributed by atoms with Gasteiger partial charge >= 0.3 is 0 Å². The van der Waals surface area contributed by atoms with E-state index in [9.17, 15) is 9.50 Å². The Morgan fingerprint density at radius 3 is 3.04 bits per heavy atom. The van der Waals surface area contributed by atoms with Crippen LogP contribution in [-0.2, 0) is 6.54 Å². The van der Waals surface area contributed by atoms with E-state index in [-0.39, 0.29) is 11.8 Å². The van der Waals surface area contributed by atoms with E-state index in [1.807, 2.05) is 19.1 Å². The Bertz CT molecular complexity index is 816. The summed E-state index contributed by atoms with van der Waals surface area (Å²) in [5.41, 5.74) is 0.691. The standard InChI is InChI=1S/C19H23ClFN5O/c1-2-22-19(24-11-13-5-6-17(27)16(21)10-13)25-14-7-9-26(12-14)18-15(20)4-3-8-23-18/h3-6,8,10,14,27H,2,7,9,11-12H2,1H3,(H2,22,24,25). The normalized spacial score (nSPS) is 17.2. The number of nitrogens with zero attached hydrogens (tertiary/aromatic N) is 3. The topological polar surface area (TPSA) is 72.8 Å². The van der Waals surface area contributed by atoms with Gasteiger partial charge in [-0.3, -0.25) is 0 Å². The summed E-state index contributed by atoms with van der Waals surface area (Å²) in [6.45, 7) is 4.66. The molecular weight excluding hydrogens is 369 g/mol. The first-order valence-electron chi connectivity index (χ1n) is 8.94. The Morgan fingerprint density at radius 1 is 1.44 bits per heavy atom. The van der Waals surface area contributed by atoms with E-state index in [1.54, 1.807) is 12.3 Å². The number of anilines is 1. The summed E-state index contributed by atoms with van der Waals surface area (Å²) in [5.74, 6) is 0.473. The van der Waals surface area contributed by atoms with Crippen molar-refractivity contribution in [1.82, 2.24) is 15.6 Å². The molecule has 27 heavy (non-hydrogen) atoms. The van der Waals surface area contributed by atoms with Gasteiger partial charge in [0.2, 0.25) is 0 Å². The van der Waals surface area contributed by atoms with Crippen molar-refractivity contribution in [3.8, 4) is 5.75 Å². The van der Waals surface area contributed by atoms with Crippen molar-refractivity contribution in [3.63, 3.8) is 0 Å². The molecule has 0 amide bonds. The molecule has 0 bridgehead atoms. The lowest BCUT2D eigenvalue weighted by molar-refractivity contribution is 0.432. The average Bonchev–Trinajstić information content (AvgIpc) is 3.11. The van der Waals surface area contributed by atoms with Gasteiger partial charge in [-0.1, -0.05) is 17.7 Å². The predicted molar refractivity (Wildman–Crippen MR) is 106 cm³/mol. The van der Waals surface area contributed by atoms with Crippen molar-refractivity contribution in [1.29, 1.82) is 0 Å². The van der Waals surface area contributed by atoms with Gasteiger partial charge in [0.15, 0.2) is 17.5 Å². The maximum absolute atomic E-state index is 13.5. The highest BCUT2D eigenvalue weighted by molar-refractivity contribution is 6.32. The number of aromatic nitrogens is 1. The number of aromatic hydroxyl groups is 1. The Hall–Kier alpha value is -2.54. The van der Waals surface area contributed by atoms with Crippen LogP contribution in [0.1, 0.15) is 18.9 Å². The zero-order valence-electron chi connectivity index (χ0n) is 15.1. The van der Waals surface area contributed by atoms with Gasteiger partial charge in [-0.2, -0.15) is 0 Å². The zero-order valence-corrected chi connectivity index (χ0v) is 15.9. The number of rotatable bonds is 5. The third kappa shape index (κ3) is 5.01. The minimum Gasteiger partial charge on any atom is -0.505 e. The molecule has 0 radical (unpaired) electrons. The van der Waals surface area contributed by atoms with Gasteiger partial charge in [0.05, 0.1) is 11.6 Å². The van der Waals surface area contributed by atoms with E-state index < -0.39 is 5.82 Å². The van der Waals surface area contributed by atoms with Crippen molar-refractivity contribution in [3.05, 3.63) is 52.9 Å². The van der Waals surface area contributed by atoms with Crippen molar-refractivity contribution in [2.45, 2.75) is 25.9 Å². The monoisotopic (exact) mass is 391 g/mol. The van der Waals surface area contributed by atoms with E-state index in [4.69, 9.17) is 11.6 Å². The number of aliphatic imine (C=N–C) groups is 1. The quantitative estimate of drug-likeness (QED) is 0.540. The number of guanidine groups is 1. The van der Waals surface area contributed by atoms with Crippen LogP contribution in [0.5, 0.6) is 5.75 Å². The fourth-order valence-electron chi connectivity index (χ4n) is 3.01. The molecule has 1 unspecified atom stereocenters. The fraction of sp³-hybridized carbons (Fsp3) is 0.368. The van der Waals surface area contributed by atoms with Crippen molar-refractivity contribution >= 4 is 23.4 Å². The lowest BCUT2D eigenvalue weighted by Crippen LogP contribution is -2.44. The van der Waals surface area contributed by atoms with E-state index >= 15 is 0 Å². The van der Waals surface area contributed by atoms with Gasteiger partial charge in [0, 0.05) is 31.9 Å². The van der Waals surface area contributed by atoms with Crippen LogP contribution in [0.15, 0.2) is 41.5 Å². The first-order chi connectivity index (χ1) is 13.1. The van der Waals surface area contributed by atoms with Gasteiger partial charge in [-0.05, 0) is 43.2 Å². The van der Waals surface area contributed by atoms with Gasteiger partial charge in [0.25, 0.3) is 0 Å². The van der Waals surface area contributed by atoms with Crippen molar-refractivity contribution < 1.29 is 9.50 Å². The molecule has 6 nitrogen and oxygen atoms in total. The Labute approximate surface area is 163 Å². The fourth-order valence-corrected chi connectivity index (χ4v) is 3.25. The second kappa shape index (κ2) is 8.90. The summed E-state index contributed by atoms with van der Waals surface area (Å²) in [7, 11) is 0. The van der Waals surface area contributed by atoms with Gasteiger partial charge < -0.3 is 20.6 Å². The van der Waals surface area contributed by atoms with Crippen LogP contribution in [0, 0.1) is 5.82 Å². The summed E-state index contributed by atoms with van der Waals surface area (Å²) in [5, 5.41) is 16.5. The Morgan fingerprint density at radius 2 is 2.30 bits per heavy atom. The smallest absolute Gasteiger partial charge is 0.191 e. The van der Waals surface area contributed by atoms with Crippen LogP contribution < -0.4 is 15.5 Å². The summed E-state index contributed by atoms with van der Waals surface area (Å²) in [6, 6.07) is 8.16. The third-order valence-electron chi connectivity index (χ3n) is 4.34. The first-order valence-corrected chi connectivity index (χ1v) is 9.32. The molecule has 144 valence electrons. The van der Waals surface area contributed by atoms with E-state index in [0.29, 0.717) is 23.1 Å². The number of halogens is 2. The van der Waals surface area contributed by atoms with Gasteiger partial charge in [-0.25, -0.2) is 14.4 Å². The highest BCUT2D eigenvalue weighted by Crippen LogP contribution is 2.25. The second-order valence-electron chi connectivity index (χ2n) is 6.37. The molecule has 1 saturated heterocycles. The summed E-state index contributed by atoms with van der Waals surface area (Å²) >= 11 is 6.24. The molecule has 2 aromatic rings. The number of hydrogen-bond donors (Lipinski definition) is 3. The summed E-state index contributed by atoms with van der Waals surface area (Å²) in [4.78, 5) is 11.0. The minimum atomic E-state index is -0.640. The number of benzene rings is 1. The minimum absolute atomic E-state index is 0.206. The maximum atomic E-state index is 13.5. The van der Waals surface area contributed by atoms with Crippen LogP contribution in [0.2, 0.25) is 5.02 Å². The van der Waals surface area contributed by atoms with Gasteiger partial charge in [-0.15, -0.1) is 0 Å². The molecule has 8 heteroatoms. The molecule has 0 aliphatic carbocycles. The number of nitrogens with one attached hydrogen (secondary N) is 2. The van der Waals surface area contributed by atoms with Gasteiger partial charge in [0.1, 0.15) is 5.82 Å². The predicted octanol–water partition coefficient (Wildman–Crippen LogP) is 2.91. The molecular formula is C19H23ClFN5O. The molecule has 1 aromatic heterocycles. The average molecular weight is 392 g/mol. The number of phenols is 1. The van der Waals surface area contributed by atoms with Crippen molar-refractivity contribution in [2.75, 3.05) is 24.5 Å². The molecule has 3 rings (SSSR count). The highest BCUT2D eigenvalue weighted by Gasteiger charge is 2.25. The lowest BCUT2D eigenvalue weighted by Gasteiger charge is -2.20. The van der Waals surface area contributed by atoms with E-state index in [1.165, 1.54) is 12.1 Å². The second-order valence-corrected chi connectivity index (χ2v) is 6.77. The largest absolute Gasteiger partial charge is 0.505 e. The lowest BCUT2D eigenvalue weighted by atomic mass is 10.2. The molecule has 1 fully saturated rings. The first kappa shape index (κ1) is 19.2. The molecule has 0 saturated carbocycles. The molecule has 3 N–H and O–H groups in total. The molecule has 1 atom stereocenters. The molecule has 1 aliphatic rings. The zero-order chi connectivity index (χ0) is 19.2. The van der Waals surface area contributed by atoms with E-state index in [2.05, 4.69) is 25.5 Å². The van der Waals surface area contributed by atoms with Crippen LogP contribution in [0.25, 0.3) is 0 Å². The SMILES string of the molecule is CCNC(=NCc1ccc(O)c(F)c1)NC1CCN(c2ncccc2Cl)C1. The molecule has 1 aromatic carbocycles. The number of hydrogen-bond acceptors (Lipinski definition) is 4. The third-order valence-corrected chi connectivity index (χ3v) is 4.64. The van der Waals surface area contributed by atoms with E-state index in [0.717, 1.165) is 31.9 Å². The van der Waals surface area contributed by atoms with Crippen LogP contribution in [0.4, 0.5) is 10.2 Å². The van der Waals surface area contributed by atoms with Crippen LogP contribution >= 0.6 is 11.6 Å². The Kier molecular flexibility index (Phi) is 6.34. The summed E-state index contributed by atoms with van der Waals surface area (Å²) in [6.07, 6.45) is 2.68. The summed E-state index contributed by atoms with van der Waals surface area (Å²) < 4.78 is 13.5. The van der Waals surface area contributed by atoms with Crippen LogP contribution in [-0.4, -0.2) is 41.7 Å². The molecule has 2 heterocycles. The van der Waals surface area contributed by atoms with Crippen molar-refractivity contribution in [2.24, 2.45) is 4.99 Å². The number of pyridine rings is 1. The molecule has 0 spiro atoms. The maximum Gasteiger partial charge on any atom is 0.191 e. The Balaban J connectivity index is 1.62. The molecule has 1 aliphatic heterocycles. The van der Waals surface area contributed by atoms with Crippen LogP contribution in [0.3, 0.4) is 0 Å². The number of phenolic OH excluding ortho intramolecular Hbond substituents is 1. The highest BCUT2D eigenvalue weighted by atomic mass is 35.5.